The number of hydrogen-bond donors (Lipinski definition) is 0. The van der Waals surface area contributed by atoms with E-state index in [4.69, 9.17) is 4.74 Å². The molecule has 0 bridgehead atoms. The first kappa shape index (κ1) is 16.6. The van der Waals surface area contributed by atoms with Crippen LogP contribution >= 0.6 is 31.9 Å². The Hall–Kier alpha value is -0.800. The van der Waals surface area contributed by atoms with Crippen LogP contribution in [0.1, 0.15) is 37.5 Å². The highest BCUT2D eigenvalue weighted by atomic mass is 79.9. The van der Waals surface area contributed by atoms with Crippen molar-refractivity contribution in [1.29, 1.82) is 0 Å². The van der Waals surface area contributed by atoms with Crippen LogP contribution < -0.4 is 4.74 Å². The molecule has 2 aromatic carbocycles. The fraction of sp³-hybridized carbons (Fsp3) is 0.333. The van der Waals surface area contributed by atoms with Crippen LogP contribution in [0, 0.1) is 0 Å². The van der Waals surface area contributed by atoms with Crippen molar-refractivity contribution in [3.63, 3.8) is 0 Å². The summed E-state index contributed by atoms with van der Waals surface area (Å²) in [7, 11) is 0. The summed E-state index contributed by atoms with van der Waals surface area (Å²) in [4.78, 5) is 0. The molecular weight excluding hydrogens is 392 g/mol. The van der Waals surface area contributed by atoms with E-state index in [1.165, 1.54) is 11.1 Å². The van der Waals surface area contributed by atoms with Gasteiger partial charge in [0.1, 0.15) is 12.4 Å². The maximum absolute atomic E-state index is 5.99. The third-order valence-corrected chi connectivity index (χ3v) is 4.62. The van der Waals surface area contributed by atoms with E-state index in [2.05, 4.69) is 83.0 Å². The molecule has 3 heteroatoms. The second-order valence-corrected chi connectivity index (χ2v) is 7.51. The largest absolute Gasteiger partial charge is 0.487 e. The first-order valence-electron chi connectivity index (χ1n) is 6.97. The zero-order valence-electron chi connectivity index (χ0n) is 12.6. The first-order valence-corrected chi connectivity index (χ1v) is 8.89. The van der Waals surface area contributed by atoms with Crippen LogP contribution in [0.4, 0.5) is 0 Å². The lowest BCUT2D eigenvalue weighted by Crippen LogP contribution is -2.10. The number of hydrogen-bond acceptors (Lipinski definition) is 1. The molecule has 0 aliphatic rings. The molecule has 0 spiro atoms. The van der Waals surface area contributed by atoms with Crippen LogP contribution in [-0.4, -0.2) is 0 Å². The van der Waals surface area contributed by atoms with Gasteiger partial charge in [-0.2, -0.15) is 0 Å². The van der Waals surface area contributed by atoms with Gasteiger partial charge in [-0.05, 0) is 38.5 Å². The van der Waals surface area contributed by atoms with Gasteiger partial charge in [0, 0.05) is 10.9 Å². The summed E-state index contributed by atoms with van der Waals surface area (Å²) in [5.74, 6) is 0.911. The lowest BCUT2D eigenvalue weighted by Gasteiger charge is -2.19. The molecule has 0 fully saturated rings. The molecule has 2 aromatic rings. The van der Waals surface area contributed by atoms with Gasteiger partial charge in [-0.25, -0.2) is 0 Å². The van der Waals surface area contributed by atoms with Gasteiger partial charge >= 0.3 is 0 Å². The van der Waals surface area contributed by atoms with Crippen LogP contribution in [0.15, 0.2) is 46.9 Å². The molecule has 0 saturated heterocycles. The zero-order chi connectivity index (χ0) is 15.5. The quantitative estimate of drug-likeness (QED) is 0.542. The van der Waals surface area contributed by atoms with Crippen molar-refractivity contribution in [1.82, 2.24) is 0 Å². The Morgan fingerprint density at radius 1 is 1.00 bits per heavy atom. The van der Waals surface area contributed by atoms with E-state index in [9.17, 15) is 0 Å². The molecule has 0 saturated carbocycles. The lowest BCUT2D eigenvalue weighted by molar-refractivity contribution is 0.302. The van der Waals surface area contributed by atoms with Crippen molar-refractivity contribution >= 4 is 31.9 Å². The van der Waals surface area contributed by atoms with E-state index in [0.717, 1.165) is 21.1 Å². The molecule has 0 N–H and O–H groups in total. The average Bonchev–Trinajstić information content (AvgIpc) is 2.45. The van der Waals surface area contributed by atoms with Crippen LogP contribution in [-0.2, 0) is 17.4 Å². The Bertz CT molecular complexity index is 598. The Labute approximate surface area is 144 Å². The third-order valence-electron chi connectivity index (χ3n) is 3.40. The lowest BCUT2D eigenvalue weighted by atomic mass is 9.87. The van der Waals surface area contributed by atoms with Gasteiger partial charge in [-0.1, -0.05) is 73.1 Å². The fourth-order valence-corrected chi connectivity index (χ4v) is 3.04. The predicted molar refractivity (Wildman–Crippen MR) is 96.2 cm³/mol. The van der Waals surface area contributed by atoms with Crippen LogP contribution in [0.5, 0.6) is 5.75 Å². The average molecular weight is 412 g/mol. The minimum absolute atomic E-state index is 0.185. The van der Waals surface area contributed by atoms with Crippen LogP contribution in [0.3, 0.4) is 0 Å². The number of alkyl halides is 1. The molecule has 0 heterocycles. The van der Waals surface area contributed by atoms with Crippen molar-refractivity contribution < 1.29 is 4.74 Å². The maximum atomic E-state index is 5.99. The van der Waals surface area contributed by atoms with Gasteiger partial charge in [-0.15, -0.1) is 0 Å². The van der Waals surface area contributed by atoms with Crippen molar-refractivity contribution in [3.8, 4) is 5.75 Å². The zero-order valence-corrected chi connectivity index (χ0v) is 15.8. The Morgan fingerprint density at radius 2 is 1.67 bits per heavy atom. The van der Waals surface area contributed by atoms with E-state index in [1.54, 1.807) is 0 Å². The second-order valence-electron chi connectivity index (χ2n) is 6.10. The van der Waals surface area contributed by atoms with Gasteiger partial charge in [0.15, 0.2) is 0 Å². The van der Waals surface area contributed by atoms with Gasteiger partial charge in [0.2, 0.25) is 0 Å². The summed E-state index contributed by atoms with van der Waals surface area (Å²) >= 11 is 7.05. The molecule has 0 unspecified atom stereocenters. The SMILES string of the molecule is CC(C)(C)c1ccc(COc2c(Br)cccc2CBr)cc1. The van der Waals surface area contributed by atoms with E-state index >= 15 is 0 Å². The third kappa shape index (κ3) is 4.33. The van der Waals surface area contributed by atoms with Crippen LogP contribution in [0.25, 0.3) is 0 Å². The molecule has 0 aliphatic heterocycles. The van der Waals surface area contributed by atoms with Crippen molar-refractivity contribution in [2.75, 3.05) is 0 Å². The highest BCUT2D eigenvalue weighted by Crippen LogP contribution is 2.31. The minimum Gasteiger partial charge on any atom is -0.487 e. The monoisotopic (exact) mass is 410 g/mol. The summed E-state index contributed by atoms with van der Waals surface area (Å²) in [6.45, 7) is 7.25. The number of halogens is 2. The Kier molecular flexibility index (Phi) is 5.50. The molecule has 0 atom stereocenters. The van der Waals surface area contributed by atoms with Gasteiger partial charge < -0.3 is 4.74 Å². The highest BCUT2D eigenvalue weighted by molar-refractivity contribution is 9.10. The summed E-state index contributed by atoms with van der Waals surface area (Å²) in [6, 6.07) is 14.7. The Balaban J connectivity index is 2.10. The smallest absolute Gasteiger partial charge is 0.138 e. The topological polar surface area (TPSA) is 9.23 Å². The standard InChI is InChI=1S/C18H20Br2O/c1-18(2,3)15-9-7-13(8-10-15)12-21-17-14(11-19)5-4-6-16(17)20/h4-10H,11-12H2,1-3H3. The van der Waals surface area contributed by atoms with Gasteiger partial charge in [-0.3, -0.25) is 0 Å². The molecule has 1 nitrogen and oxygen atoms in total. The van der Waals surface area contributed by atoms with E-state index in [0.29, 0.717) is 6.61 Å². The van der Waals surface area contributed by atoms with Gasteiger partial charge in [0.05, 0.1) is 4.47 Å². The molecule has 0 radical (unpaired) electrons. The fourth-order valence-electron chi connectivity index (χ4n) is 2.08. The molecular formula is C18H20Br2O. The van der Waals surface area contributed by atoms with Gasteiger partial charge in [0.25, 0.3) is 0 Å². The van der Waals surface area contributed by atoms with Crippen molar-refractivity contribution in [3.05, 3.63) is 63.6 Å². The molecule has 21 heavy (non-hydrogen) atoms. The molecule has 112 valence electrons. The summed E-state index contributed by atoms with van der Waals surface area (Å²) in [5, 5.41) is 0.782. The predicted octanol–water partition coefficient (Wildman–Crippen LogP) is 6.22. The second kappa shape index (κ2) is 6.97. The maximum Gasteiger partial charge on any atom is 0.138 e. The van der Waals surface area contributed by atoms with E-state index in [-0.39, 0.29) is 5.41 Å². The van der Waals surface area contributed by atoms with Crippen molar-refractivity contribution in [2.24, 2.45) is 0 Å². The molecule has 0 aromatic heterocycles. The number of rotatable bonds is 4. The number of benzene rings is 2. The Morgan fingerprint density at radius 3 is 2.24 bits per heavy atom. The molecule has 2 rings (SSSR count). The first-order chi connectivity index (χ1) is 9.91. The number of para-hydroxylation sites is 1. The van der Waals surface area contributed by atoms with E-state index < -0.39 is 0 Å². The minimum atomic E-state index is 0.185. The summed E-state index contributed by atoms with van der Waals surface area (Å²) < 4.78 is 6.98. The van der Waals surface area contributed by atoms with E-state index in [1.807, 2.05) is 12.1 Å². The van der Waals surface area contributed by atoms with Crippen molar-refractivity contribution in [2.45, 2.75) is 38.1 Å². The summed E-state index contributed by atoms with van der Waals surface area (Å²) in [5.41, 5.74) is 3.86. The highest BCUT2D eigenvalue weighted by Gasteiger charge is 2.13. The molecule has 0 aliphatic carbocycles. The number of ether oxygens (including phenoxy) is 1. The molecule has 0 amide bonds. The van der Waals surface area contributed by atoms with Crippen LogP contribution in [0.2, 0.25) is 0 Å². The normalized spacial score (nSPS) is 11.5. The summed E-state index contributed by atoms with van der Waals surface area (Å²) in [6.07, 6.45) is 0.